The van der Waals surface area contributed by atoms with Crippen LogP contribution in [0.2, 0.25) is 0 Å². The zero-order valence-electron chi connectivity index (χ0n) is 15.5. The van der Waals surface area contributed by atoms with Gasteiger partial charge in [-0.05, 0) is 47.5 Å². The van der Waals surface area contributed by atoms with E-state index >= 15 is 0 Å². The molecule has 3 nitrogen and oxygen atoms in total. The number of anilines is 1. The van der Waals surface area contributed by atoms with Crippen molar-refractivity contribution in [3.8, 4) is 5.75 Å². The molecule has 3 rings (SSSR count). The third kappa shape index (κ3) is 6.00. The van der Waals surface area contributed by atoms with Crippen LogP contribution in [0.5, 0.6) is 5.75 Å². The summed E-state index contributed by atoms with van der Waals surface area (Å²) in [6.45, 7) is -3.02. The van der Waals surface area contributed by atoms with Crippen LogP contribution in [0.3, 0.4) is 0 Å². The first-order chi connectivity index (χ1) is 14.4. The van der Waals surface area contributed by atoms with Crippen molar-refractivity contribution in [2.75, 3.05) is 11.1 Å². The number of hydrogen-bond donors (Lipinski definition) is 1. The van der Waals surface area contributed by atoms with Gasteiger partial charge in [0.05, 0.1) is 16.7 Å². The largest absolute Gasteiger partial charge is 0.433 e. The summed E-state index contributed by atoms with van der Waals surface area (Å²) in [5.41, 5.74) is 1.60. The normalized spacial score (nSPS) is 11.0. The minimum Gasteiger partial charge on any atom is -0.433 e. The number of carbonyl (C=O) groups excluding carboxylic acids is 1. The molecule has 1 N–H and O–H groups in total. The van der Waals surface area contributed by atoms with E-state index in [0.29, 0.717) is 0 Å². The lowest BCUT2D eigenvalue weighted by molar-refractivity contribution is -0.113. The van der Waals surface area contributed by atoms with Gasteiger partial charge in [-0.15, -0.1) is 11.8 Å². The van der Waals surface area contributed by atoms with E-state index in [1.807, 2.05) is 0 Å². The monoisotopic (exact) mass is 435 g/mol. The first-order valence-corrected chi connectivity index (χ1v) is 9.93. The van der Waals surface area contributed by atoms with Gasteiger partial charge in [0.1, 0.15) is 17.4 Å². The van der Waals surface area contributed by atoms with Gasteiger partial charge in [0.15, 0.2) is 0 Å². The highest BCUT2D eigenvalue weighted by molar-refractivity contribution is 8.00. The molecule has 3 aromatic carbocycles. The molecule has 0 saturated heterocycles. The van der Waals surface area contributed by atoms with Gasteiger partial charge >= 0.3 is 6.61 Å². The summed E-state index contributed by atoms with van der Waals surface area (Å²) in [5, 5.41) is 2.20. The van der Waals surface area contributed by atoms with Crippen molar-refractivity contribution in [3.63, 3.8) is 0 Å². The van der Waals surface area contributed by atoms with Crippen LogP contribution in [0, 0.1) is 11.6 Å². The summed E-state index contributed by atoms with van der Waals surface area (Å²) in [5.74, 6) is -1.38. The predicted octanol–water partition coefficient (Wildman–Crippen LogP) is 6.03. The summed E-state index contributed by atoms with van der Waals surface area (Å²) in [7, 11) is 0. The quantitative estimate of drug-likeness (QED) is 0.439. The first kappa shape index (κ1) is 21.7. The molecule has 0 aliphatic rings. The fraction of sp³-hybridized carbons (Fsp3) is 0.136. The molecule has 156 valence electrons. The lowest BCUT2D eigenvalue weighted by Gasteiger charge is -2.18. The maximum atomic E-state index is 13.3. The third-order valence-corrected chi connectivity index (χ3v) is 5.41. The van der Waals surface area contributed by atoms with E-state index in [2.05, 4.69) is 10.1 Å². The minimum absolute atomic E-state index is 0.0254. The molecule has 30 heavy (non-hydrogen) atoms. The maximum Gasteiger partial charge on any atom is 0.387 e. The topological polar surface area (TPSA) is 38.3 Å². The zero-order chi connectivity index (χ0) is 21.5. The van der Waals surface area contributed by atoms with Crippen molar-refractivity contribution in [3.05, 3.63) is 95.6 Å². The molecule has 0 radical (unpaired) electrons. The minimum atomic E-state index is -3.02. The van der Waals surface area contributed by atoms with Crippen LogP contribution in [0.15, 0.2) is 72.8 Å². The van der Waals surface area contributed by atoms with Gasteiger partial charge in [-0.2, -0.15) is 8.78 Å². The van der Waals surface area contributed by atoms with Crippen LogP contribution in [0.1, 0.15) is 16.4 Å². The second kappa shape index (κ2) is 10.2. The second-order valence-electron chi connectivity index (χ2n) is 6.22. The van der Waals surface area contributed by atoms with Crippen molar-refractivity contribution < 1.29 is 27.1 Å². The highest BCUT2D eigenvalue weighted by Crippen LogP contribution is 2.36. The number of rotatable bonds is 8. The van der Waals surface area contributed by atoms with Gasteiger partial charge in [-0.1, -0.05) is 36.4 Å². The number of alkyl halides is 2. The molecule has 0 aliphatic carbocycles. The number of benzene rings is 3. The van der Waals surface area contributed by atoms with E-state index in [1.54, 1.807) is 30.3 Å². The lowest BCUT2D eigenvalue weighted by atomic mass is 10.0. The van der Waals surface area contributed by atoms with Crippen molar-refractivity contribution in [1.82, 2.24) is 0 Å². The van der Waals surface area contributed by atoms with Gasteiger partial charge in [0, 0.05) is 0 Å². The Hall–Kier alpha value is -3.00. The number of para-hydroxylation sites is 2. The first-order valence-electron chi connectivity index (χ1n) is 8.88. The molecule has 0 heterocycles. The second-order valence-corrected chi connectivity index (χ2v) is 7.31. The Morgan fingerprint density at radius 3 is 1.93 bits per heavy atom. The third-order valence-electron chi connectivity index (χ3n) is 4.10. The highest BCUT2D eigenvalue weighted by Gasteiger charge is 2.18. The zero-order valence-corrected chi connectivity index (χ0v) is 16.3. The summed E-state index contributed by atoms with van der Waals surface area (Å²) >= 11 is 1.24. The molecule has 3 aromatic rings. The smallest absolute Gasteiger partial charge is 0.387 e. The van der Waals surface area contributed by atoms with Crippen molar-refractivity contribution in [2.24, 2.45) is 0 Å². The Labute approximate surface area is 175 Å². The van der Waals surface area contributed by atoms with Crippen LogP contribution < -0.4 is 10.1 Å². The molecule has 0 spiro atoms. The molecule has 1 amide bonds. The molecule has 0 atom stereocenters. The number of amides is 1. The fourth-order valence-electron chi connectivity index (χ4n) is 2.77. The van der Waals surface area contributed by atoms with Crippen LogP contribution >= 0.6 is 11.8 Å². The average Bonchev–Trinajstić information content (AvgIpc) is 2.72. The summed E-state index contributed by atoms with van der Waals surface area (Å²) < 4.78 is 56.1. The number of thioether (sulfide) groups is 1. The van der Waals surface area contributed by atoms with E-state index in [1.165, 1.54) is 54.2 Å². The number of ether oxygens (including phenoxy) is 1. The van der Waals surface area contributed by atoms with E-state index in [-0.39, 0.29) is 22.4 Å². The molecule has 0 unspecified atom stereocenters. The van der Waals surface area contributed by atoms with E-state index in [0.717, 1.165) is 11.1 Å². The predicted molar refractivity (Wildman–Crippen MR) is 109 cm³/mol. The molecule has 0 fully saturated rings. The van der Waals surface area contributed by atoms with Gasteiger partial charge in [-0.25, -0.2) is 8.78 Å². The van der Waals surface area contributed by atoms with E-state index in [4.69, 9.17) is 0 Å². The Kier molecular flexibility index (Phi) is 7.35. The Balaban J connectivity index is 1.73. The highest BCUT2D eigenvalue weighted by atomic mass is 32.2. The molecular formula is C22H17F4NO2S. The summed E-state index contributed by atoms with van der Waals surface area (Å²) in [4.78, 5) is 12.4. The Morgan fingerprint density at radius 2 is 1.40 bits per heavy atom. The van der Waals surface area contributed by atoms with Gasteiger partial charge in [0.25, 0.3) is 0 Å². The molecule has 8 heteroatoms. The number of carbonyl (C=O) groups is 1. The Bertz CT molecular complexity index is 936. The number of halogens is 4. The van der Waals surface area contributed by atoms with Crippen LogP contribution in [0.25, 0.3) is 0 Å². The molecule has 0 aliphatic heterocycles. The number of nitrogens with one attached hydrogen (secondary N) is 1. The van der Waals surface area contributed by atoms with Crippen molar-refractivity contribution in [1.29, 1.82) is 0 Å². The molecule has 0 saturated carbocycles. The van der Waals surface area contributed by atoms with Crippen LogP contribution in [0.4, 0.5) is 23.2 Å². The van der Waals surface area contributed by atoms with Gasteiger partial charge < -0.3 is 10.1 Å². The maximum absolute atomic E-state index is 13.3. The molecule has 0 aromatic heterocycles. The lowest BCUT2D eigenvalue weighted by Crippen LogP contribution is -2.16. The SMILES string of the molecule is O=C(CSC(c1ccc(F)cc1)c1ccc(F)cc1)Nc1ccccc1OC(F)F. The molecule has 0 bridgehead atoms. The van der Waals surface area contributed by atoms with Gasteiger partial charge in [-0.3, -0.25) is 4.79 Å². The van der Waals surface area contributed by atoms with Crippen LogP contribution in [-0.2, 0) is 4.79 Å². The van der Waals surface area contributed by atoms with Crippen LogP contribution in [-0.4, -0.2) is 18.3 Å². The standard InChI is InChI=1S/C22H17F4NO2S/c23-16-9-5-14(6-10-16)21(15-7-11-17(24)12-8-15)30-13-20(28)27-18-3-1-2-4-19(18)29-22(25)26/h1-12,21-22H,13H2,(H,27,28). The van der Waals surface area contributed by atoms with Gasteiger partial charge in [0.2, 0.25) is 5.91 Å². The number of hydrogen-bond acceptors (Lipinski definition) is 3. The Morgan fingerprint density at radius 1 is 0.867 bits per heavy atom. The van der Waals surface area contributed by atoms with E-state index in [9.17, 15) is 22.4 Å². The van der Waals surface area contributed by atoms with Crippen molar-refractivity contribution >= 4 is 23.4 Å². The van der Waals surface area contributed by atoms with Crippen molar-refractivity contribution in [2.45, 2.75) is 11.9 Å². The summed E-state index contributed by atoms with van der Waals surface area (Å²) in [6.07, 6.45) is 0. The average molecular weight is 435 g/mol. The fourth-order valence-corrected chi connectivity index (χ4v) is 3.86. The molecular weight excluding hydrogens is 418 g/mol. The van der Waals surface area contributed by atoms with E-state index < -0.39 is 24.2 Å². The summed E-state index contributed by atoms with van der Waals surface area (Å²) in [6, 6.07) is 17.5.